The number of sulfone groups is 1. The number of benzene rings is 1. The van der Waals surface area contributed by atoms with Gasteiger partial charge in [0.1, 0.15) is 0 Å². The van der Waals surface area contributed by atoms with Crippen molar-refractivity contribution in [2.45, 2.75) is 15.5 Å². The molecule has 96 valence electrons. The highest BCUT2D eigenvalue weighted by Gasteiger charge is 2.07. The van der Waals surface area contributed by atoms with Crippen LogP contribution < -0.4 is 0 Å². The summed E-state index contributed by atoms with van der Waals surface area (Å²) in [7, 11) is -3.10. The normalized spacial score (nSPS) is 11.7. The van der Waals surface area contributed by atoms with E-state index < -0.39 is 9.84 Å². The number of hydrogen-bond acceptors (Lipinski definition) is 4. The number of hydrogen-bond donors (Lipinski definition) is 0. The van der Waals surface area contributed by atoms with Crippen molar-refractivity contribution in [2.75, 3.05) is 6.26 Å². The van der Waals surface area contributed by atoms with Crippen molar-refractivity contribution in [3.63, 3.8) is 0 Å². The van der Waals surface area contributed by atoms with Gasteiger partial charge in [-0.1, -0.05) is 0 Å². The fourth-order valence-electron chi connectivity index (χ4n) is 1.36. The van der Waals surface area contributed by atoms with Crippen LogP contribution in [0.15, 0.2) is 50.0 Å². The first kappa shape index (κ1) is 14.1. The van der Waals surface area contributed by atoms with E-state index in [9.17, 15) is 8.42 Å². The topological polar surface area (TPSA) is 34.1 Å². The first-order chi connectivity index (χ1) is 8.47. The van der Waals surface area contributed by atoms with Gasteiger partial charge in [-0.05, 0) is 51.6 Å². The molecular weight excluding hydrogens is 352 g/mol. The van der Waals surface area contributed by atoms with Gasteiger partial charge in [-0.3, -0.25) is 0 Å². The third-order valence-corrected chi connectivity index (χ3v) is 6.59. The molecule has 1 aromatic heterocycles. The first-order valence-corrected chi connectivity index (χ1v) is 9.66. The third kappa shape index (κ3) is 3.60. The molecule has 1 heterocycles. The molecule has 0 atom stereocenters. The lowest BCUT2D eigenvalue weighted by Crippen LogP contribution is -1.95. The summed E-state index contributed by atoms with van der Waals surface area (Å²) in [5.41, 5.74) is 0. The summed E-state index contributed by atoms with van der Waals surface area (Å²) in [6.07, 6.45) is 1.22. The lowest BCUT2D eigenvalue weighted by Gasteiger charge is -2.02. The maximum absolute atomic E-state index is 11.3. The molecule has 0 bridgehead atoms. The van der Waals surface area contributed by atoms with Crippen molar-refractivity contribution >= 4 is 48.9 Å². The van der Waals surface area contributed by atoms with Crippen LogP contribution in [0.4, 0.5) is 0 Å². The second kappa shape index (κ2) is 5.77. The van der Waals surface area contributed by atoms with Crippen LogP contribution in [-0.4, -0.2) is 14.7 Å². The second-order valence-electron chi connectivity index (χ2n) is 3.72. The summed E-state index contributed by atoms with van der Waals surface area (Å²) < 4.78 is 23.8. The lowest BCUT2D eigenvalue weighted by atomic mass is 10.4. The van der Waals surface area contributed by atoms with Crippen LogP contribution in [0, 0.1) is 0 Å². The largest absolute Gasteiger partial charge is 0.224 e. The summed E-state index contributed by atoms with van der Waals surface area (Å²) in [5.74, 6) is 0.885. The molecule has 0 spiro atoms. The Labute approximate surface area is 123 Å². The zero-order valence-electron chi connectivity index (χ0n) is 9.59. The van der Waals surface area contributed by atoms with Crippen LogP contribution in [-0.2, 0) is 15.6 Å². The minimum atomic E-state index is -3.10. The van der Waals surface area contributed by atoms with E-state index in [0.717, 1.165) is 15.1 Å². The van der Waals surface area contributed by atoms with Gasteiger partial charge in [0.2, 0.25) is 0 Å². The molecule has 0 aliphatic carbocycles. The van der Waals surface area contributed by atoms with E-state index in [1.54, 1.807) is 35.2 Å². The minimum Gasteiger partial charge on any atom is -0.224 e. The lowest BCUT2D eigenvalue weighted by molar-refractivity contribution is 0.602. The minimum absolute atomic E-state index is 0.365. The fourth-order valence-corrected chi connectivity index (χ4v) is 4.68. The molecule has 0 radical (unpaired) electrons. The van der Waals surface area contributed by atoms with E-state index in [2.05, 4.69) is 15.9 Å². The molecule has 0 saturated heterocycles. The molecule has 0 unspecified atom stereocenters. The van der Waals surface area contributed by atoms with Crippen molar-refractivity contribution in [1.82, 2.24) is 0 Å². The van der Waals surface area contributed by atoms with E-state index in [1.165, 1.54) is 11.1 Å². The second-order valence-corrected chi connectivity index (χ2v) is 8.64. The highest BCUT2D eigenvalue weighted by molar-refractivity contribution is 9.10. The van der Waals surface area contributed by atoms with E-state index in [4.69, 9.17) is 0 Å². The Morgan fingerprint density at radius 2 is 1.89 bits per heavy atom. The third-order valence-electron chi connectivity index (χ3n) is 2.31. The monoisotopic (exact) mass is 362 g/mol. The first-order valence-electron chi connectivity index (χ1n) is 5.11. The smallest absolute Gasteiger partial charge is 0.175 e. The molecule has 0 fully saturated rings. The molecule has 0 aliphatic heterocycles. The summed E-state index contributed by atoms with van der Waals surface area (Å²) in [6.45, 7) is 0. The average molecular weight is 363 g/mol. The Bertz CT molecular complexity index is 630. The Kier molecular flexibility index (Phi) is 4.53. The maximum Gasteiger partial charge on any atom is 0.175 e. The van der Waals surface area contributed by atoms with Gasteiger partial charge >= 0.3 is 0 Å². The van der Waals surface area contributed by atoms with Gasteiger partial charge in [0.15, 0.2) is 9.84 Å². The predicted octanol–water partition coefficient (Wildman–Crippen LogP) is 4.21. The SMILES string of the molecule is CS(=O)(=O)c1ccc(SCc2sccc2Br)cc1. The van der Waals surface area contributed by atoms with Gasteiger partial charge in [-0.15, -0.1) is 23.1 Å². The standard InChI is InChI=1S/C12H11BrO2S3/c1-18(14,15)10-4-2-9(3-5-10)17-8-12-11(13)6-7-16-12/h2-7H,8H2,1H3. The molecule has 18 heavy (non-hydrogen) atoms. The zero-order chi connectivity index (χ0) is 13.2. The van der Waals surface area contributed by atoms with E-state index in [0.29, 0.717) is 4.90 Å². The maximum atomic E-state index is 11.3. The zero-order valence-corrected chi connectivity index (χ0v) is 13.6. The Balaban J connectivity index is 2.05. The van der Waals surface area contributed by atoms with Crippen molar-refractivity contribution in [3.05, 3.63) is 45.1 Å². The molecule has 2 rings (SSSR count). The van der Waals surface area contributed by atoms with E-state index >= 15 is 0 Å². The van der Waals surface area contributed by atoms with Crippen LogP contribution in [0.3, 0.4) is 0 Å². The Hall–Kier alpha value is -0.300. The summed E-state index contributed by atoms with van der Waals surface area (Å²) in [4.78, 5) is 2.72. The molecular formula is C12H11BrO2S3. The van der Waals surface area contributed by atoms with Crippen LogP contribution in [0.2, 0.25) is 0 Å². The molecule has 0 saturated carbocycles. The summed E-state index contributed by atoms with van der Waals surface area (Å²) in [5, 5.41) is 2.05. The Morgan fingerprint density at radius 3 is 2.39 bits per heavy atom. The summed E-state index contributed by atoms with van der Waals surface area (Å²) in [6, 6.07) is 9.04. The van der Waals surface area contributed by atoms with Gasteiger partial charge in [0.25, 0.3) is 0 Å². The van der Waals surface area contributed by atoms with Crippen molar-refractivity contribution in [1.29, 1.82) is 0 Å². The van der Waals surface area contributed by atoms with Gasteiger partial charge < -0.3 is 0 Å². The average Bonchev–Trinajstić information content (AvgIpc) is 2.72. The predicted molar refractivity (Wildman–Crippen MR) is 81.1 cm³/mol. The molecule has 0 aliphatic rings. The van der Waals surface area contributed by atoms with E-state index in [1.807, 2.05) is 23.6 Å². The number of thioether (sulfide) groups is 1. The highest BCUT2D eigenvalue weighted by Crippen LogP contribution is 2.30. The van der Waals surface area contributed by atoms with Gasteiger partial charge in [-0.2, -0.15) is 0 Å². The molecule has 2 nitrogen and oxygen atoms in total. The van der Waals surface area contributed by atoms with Crippen molar-refractivity contribution < 1.29 is 8.42 Å². The van der Waals surface area contributed by atoms with Crippen molar-refractivity contribution in [2.24, 2.45) is 0 Å². The van der Waals surface area contributed by atoms with E-state index in [-0.39, 0.29) is 0 Å². The molecule has 0 amide bonds. The highest BCUT2D eigenvalue weighted by atomic mass is 79.9. The number of thiophene rings is 1. The molecule has 2 aromatic rings. The van der Waals surface area contributed by atoms with Crippen LogP contribution >= 0.6 is 39.0 Å². The van der Waals surface area contributed by atoms with Crippen LogP contribution in [0.25, 0.3) is 0 Å². The quantitative estimate of drug-likeness (QED) is 0.764. The fraction of sp³-hybridized carbons (Fsp3) is 0.167. The molecule has 0 N–H and O–H groups in total. The van der Waals surface area contributed by atoms with Gasteiger partial charge in [0.05, 0.1) is 4.90 Å². The van der Waals surface area contributed by atoms with Gasteiger partial charge in [0, 0.05) is 26.3 Å². The number of rotatable bonds is 4. The van der Waals surface area contributed by atoms with Gasteiger partial charge in [-0.25, -0.2) is 8.42 Å². The summed E-state index contributed by atoms with van der Waals surface area (Å²) >= 11 is 6.91. The molecule has 1 aromatic carbocycles. The van der Waals surface area contributed by atoms with Crippen LogP contribution in [0.1, 0.15) is 4.88 Å². The van der Waals surface area contributed by atoms with Crippen molar-refractivity contribution in [3.8, 4) is 0 Å². The Morgan fingerprint density at radius 1 is 1.22 bits per heavy atom. The molecule has 6 heteroatoms. The number of halogens is 1. The van der Waals surface area contributed by atoms with Crippen LogP contribution in [0.5, 0.6) is 0 Å².